The second kappa shape index (κ2) is 4.34. The molecule has 2 heterocycles. The first-order valence-electron chi connectivity index (χ1n) is 5.33. The van der Waals surface area contributed by atoms with Crippen molar-refractivity contribution in [3.05, 3.63) is 12.2 Å². The normalized spacial score (nSPS) is 10.7. The van der Waals surface area contributed by atoms with Gasteiger partial charge in [0.15, 0.2) is 11.3 Å². The molecule has 0 fully saturated rings. The van der Waals surface area contributed by atoms with Gasteiger partial charge < -0.3 is 4.90 Å². The number of anilines is 1. The molecule has 0 unspecified atom stereocenters. The molecule has 2 aromatic rings. The molecule has 0 bridgehead atoms. The molecule has 6 nitrogen and oxygen atoms in total. The van der Waals surface area contributed by atoms with Crippen molar-refractivity contribution in [1.29, 1.82) is 0 Å². The highest BCUT2D eigenvalue weighted by molar-refractivity contribution is 5.81. The molecule has 2 aromatic heterocycles. The molecule has 16 heavy (non-hydrogen) atoms. The highest BCUT2D eigenvalue weighted by Gasteiger charge is 2.11. The first-order chi connectivity index (χ1) is 7.76. The number of fused-ring (bicyclic) bond motifs is 1. The largest absolute Gasteiger partial charge is 0.355 e. The van der Waals surface area contributed by atoms with Crippen LogP contribution in [0, 0.1) is 6.92 Å². The van der Waals surface area contributed by atoms with Gasteiger partial charge in [-0.3, -0.25) is 0 Å². The zero-order valence-electron chi connectivity index (χ0n) is 9.67. The van der Waals surface area contributed by atoms with Crippen molar-refractivity contribution >= 4 is 17.0 Å². The molecule has 0 saturated carbocycles. The molecule has 0 amide bonds. The Kier molecular flexibility index (Phi) is 2.89. The van der Waals surface area contributed by atoms with E-state index in [1.165, 1.54) is 6.33 Å². The number of nitrogens with zero attached hydrogens (tertiary/aromatic N) is 6. The first kappa shape index (κ1) is 10.7. The second-order valence-corrected chi connectivity index (χ2v) is 3.40. The van der Waals surface area contributed by atoms with Gasteiger partial charge in [0, 0.05) is 13.1 Å². The van der Waals surface area contributed by atoms with Crippen LogP contribution in [0.2, 0.25) is 0 Å². The number of hydrogen-bond acceptors (Lipinski definition) is 6. The van der Waals surface area contributed by atoms with Crippen molar-refractivity contribution in [2.24, 2.45) is 0 Å². The van der Waals surface area contributed by atoms with Crippen molar-refractivity contribution < 1.29 is 0 Å². The molecule has 0 radical (unpaired) electrons. The van der Waals surface area contributed by atoms with E-state index in [-0.39, 0.29) is 0 Å². The Balaban J connectivity index is 2.64. The lowest BCUT2D eigenvalue weighted by atomic mass is 10.4. The van der Waals surface area contributed by atoms with Crippen LogP contribution < -0.4 is 4.90 Å². The molecule has 0 spiro atoms. The van der Waals surface area contributed by atoms with Crippen LogP contribution in [-0.2, 0) is 0 Å². The Bertz CT molecular complexity index is 494. The second-order valence-electron chi connectivity index (χ2n) is 3.40. The Hall–Kier alpha value is -1.85. The molecule has 2 rings (SSSR count). The minimum absolute atomic E-state index is 0.544. The Labute approximate surface area is 93.8 Å². The maximum atomic E-state index is 4.35. The molecule has 0 aliphatic carbocycles. The summed E-state index contributed by atoms with van der Waals surface area (Å²) in [6.45, 7) is 7.74. The maximum Gasteiger partial charge on any atom is 0.205 e. The quantitative estimate of drug-likeness (QED) is 0.764. The van der Waals surface area contributed by atoms with E-state index < -0.39 is 0 Å². The summed E-state index contributed by atoms with van der Waals surface area (Å²) in [4.78, 5) is 14.8. The smallest absolute Gasteiger partial charge is 0.205 e. The molecule has 0 N–H and O–H groups in total. The topological polar surface area (TPSA) is 67.7 Å². The molecule has 84 valence electrons. The zero-order chi connectivity index (χ0) is 11.5. The summed E-state index contributed by atoms with van der Waals surface area (Å²) >= 11 is 0. The average Bonchev–Trinajstić information content (AvgIpc) is 2.31. The third-order valence-corrected chi connectivity index (χ3v) is 2.41. The summed E-state index contributed by atoms with van der Waals surface area (Å²) in [6.07, 6.45) is 1.50. The van der Waals surface area contributed by atoms with E-state index in [4.69, 9.17) is 0 Å². The van der Waals surface area contributed by atoms with Crippen LogP contribution >= 0.6 is 0 Å². The SMILES string of the molecule is CCN(CC)c1ncnc2nnc(C)nc12. The van der Waals surface area contributed by atoms with E-state index in [9.17, 15) is 0 Å². The van der Waals surface area contributed by atoms with Crippen molar-refractivity contribution in [3.8, 4) is 0 Å². The monoisotopic (exact) mass is 218 g/mol. The fraction of sp³-hybridized carbons (Fsp3) is 0.500. The number of rotatable bonds is 3. The van der Waals surface area contributed by atoms with Crippen molar-refractivity contribution in [3.63, 3.8) is 0 Å². The van der Waals surface area contributed by atoms with Gasteiger partial charge in [-0.15, -0.1) is 10.2 Å². The van der Waals surface area contributed by atoms with Crippen LogP contribution in [0.15, 0.2) is 6.33 Å². The molecular formula is C10H14N6. The Morgan fingerprint density at radius 2 is 1.88 bits per heavy atom. The lowest BCUT2D eigenvalue weighted by Gasteiger charge is -2.19. The molecule has 0 atom stereocenters. The van der Waals surface area contributed by atoms with Gasteiger partial charge >= 0.3 is 0 Å². The van der Waals surface area contributed by atoms with Crippen LogP contribution in [0.4, 0.5) is 5.82 Å². The van der Waals surface area contributed by atoms with Gasteiger partial charge in [-0.05, 0) is 20.8 Å². The van der Waals surface area contributed by atoms with Crippen LogP contribution in [0.25, 0.3) is 11.2 Å². The molecule has 6 heteroatoms. The lowest BCUT2D eigenvalue weighted by molar-refractivity contribution is 0.839. The van der Waals surface area contributed by atoms with Gasteiger partial charge in [-0.2, -0.15) is 0 Å². The molecule has 0 aliphatic rings. The molecule has 0 saturated heterocycles. The van der Waals surface area contributed by atoms with Gasteiger partial charge in [0.25, 0.3) is 0 Å². The molecule has 0 aromatic carbocycles. The van der Waals surface area contributed by atoms with E-state index in [1.54, 1.807) is 0 Å². The molecule has 0 aliphatic heterocycles. The number of hydrogen-bond donors (Lipinski definition) is 0. The highest BCUT2D eigenvalue weighted by atomic mass is 15.2. The summed E-state index contributed by atoms with van der Waals surface area (Å²) in [5.41, 5.74) is 1.27. The van der Waals surface area contributed by atoms with Crippen LogP contribution in [0.1, 0.15) is 19.7 Å². The van der Waals surface area contributed by atoms with Crippen molar-refractivity contribution in [2.75, 3.05) is 18.0 Å². The third kappa shape index (κ3) is 1.78. The van der Waals surface area contributed by atoms with E-state index in [0.717, 1.165) is 24.4 Å². The van der Waals surface area contributed by atoms with Gasteiger partial charge in [-0.25, -0.2) is 15.0 Å². The lowest BCUT2D eigenvalue weighted by Crippen LogP contribution is -2.23. The van der Waals surface area contributed by atoms with Crippen molar-refractivity contribution in [1.82, 2.24) is 25.1 Å². The van der Waals surface area contributed by atoms with Gasteiger partial charge in [0.2, 0.25) is 5.65 Å². The fourth-order valence-electron chi connectivity index (χ4n) is 1.59. The van der Waals surface area contributed by atoms with E-state index >= 15 is 0 Å². The standard InChI is InChI=1S/C10H14N6/c1-4-16(5-2)10-8-9(11-6-12-10)15-14-7(3)13-8/h6H,4-5H2,1-3H3. The Morgan fingerprint density at radius 1 is 1.12 bits per heavy atom. The zero-order valence-corrected chi connectivity index (χ0v) is 9.67. The fourth-order valence-corrected chi connectivity index (χ4v) is 1.59. The highest BCUT2D eigenvalue weighted by Crippen LogP contribution is 2.18. The summed E-state index contributed by atoms with van der Waals surface area (Å²) < 4.78 is 0. The maximum absolute atomic E-state index is 4.35. The van der Waals surface area contributed by atoms with Crippen molar-refractivity contribution in [2.45, 2.75) is 20.8 Å². The predicted molar refractivity (Wildman–Crippen MR) is 61.2 cm³/mol. The van der Waals surface area contributed by atoms with Crippen LogP contribution in [0.5, 0.6) is 0 Å². The third-order valence-electron chi connectivity index (χ3n) is 2.41. The summed E-state index contributed by atoms with van der Waals surface area (Å²) in [7, 11) is 0. The van der Waals surface area contributed by atoms with Gasteiger partial charge in [0.1, 0.15) is 12.2 Å². The minimum atomic E-state index is 0.544. The van der Waals surface area contributed by atoms with Crippen LogP contribution in [0.3, 0.4) is 0 Å². The number of aryl methyl sites for hydroxylation is 1. The van der Waals surface area contributed by atoms with Gasteiger partial charge in [-0.1, -0.05) is 0 Å². The Morgan fingerprint density at radius 3 is 2.56 bits per heavy atom. The summed E-state index contributed by atoms with van der Waals surface area (Å²) in [6, 6.07) is 0. The van der Waals surface area contributed by atoms with E-state index in [0.29, 0.717) is 11.5 Å². The minimum Gasteiger partial charge on any atom is -0.355 e. The average molecular weight is 218 g/mol. The summed E-state index contributed by atoms with van der Waals surface area (Å²) in [5.74, 6) is 1.46. The predicted octanol–water partition coefficient (Wildman–Crippen LogP) is 0.969. The molecular weight excluding hydrogens is 204 g/mol. The van der Waals surface area contributed by atoms with Gasteiger partial charge in [0.05, 0.1) is 0 Å². The number of aromatic nitrogens is 5. The first-order valence-corrected chi connectivity index (χ1v) is 5.33. The summed E-state index contributed by atoms with van der Waals surface area (Å²) in [5, 5.41) is 7.89. The van der Waals surface area contributed by atoms with E-state index in [1.807, 2.05) is 6.92 Å². The van der Waals surface area contributed by atoms with Crippen LogP contribution in [-0.4, -0.2) is 38.2 Å². The van der Waals surface area contributed by atoms with E-state index in [2.05, 4.69) is 43.9 Å².